The molecule has 0 saturated heterocycles. The van der Waals surface area contributed by atoms with Gasteiger partial charge >= 0.3 is 5.63 Å². The van der Waals surface area contributed by atoms with E-state index >= 15 is 0 Å². The molecule has 88 valence electrons. The maximum atomic E-state index is 11.7. The molecule has 0 aromatic carbocycles. The Balaban J connectivity index is 2.35. The van der Waals surface area contributed by atoms with E-state index in [9.17, 15) is 14.7 Å². The smallest absolute Gasteiger partial charge is 0.350 e. The number of aromatic hydroxyl groups is 1. The fourth-order valence-electron chi connectivity index (χ4n) is 1.33. The summed E-state index contributed by atoms with van der Waals surface area (Å²) in [5, 5.41) is 19.7. The monoisotopic (exact) mass is 236 g/mol. The van der Waals surface area contributed by atoms with E-state index in [0.717, 1.165) is 4.68 Å². The second-order valence-corrected chi connectivity index (χ2v) is 3.34. The Hall–Kier alpha value is -2.51. The zero-order chi connectivity index (χ0) is 12.4. The van der Waals surface area contributed by atoms with Gasteiger partial charge in [0, 0.05) is 6.07 Å². The van der Waals surface area contributed by atoms with E-state index in [4.69, 9.17) is 4.42 Å². The number of tetrazole rings is 1. The zero-order valence-corrected chi connectivity index (χ0v) is 8.82. The van der Waals surface area contributed by atoms with Gasteiger partial charge in [0.1, 0.15) is 29.9 Å². The fraction of sp³-hybridized carbons (Fsp3) is 0.222. The topological polar surface area (TPSA) is 111 Å². The SMILES string of the molecule is Cc1cc(O)c(C(=O)Cn2cnnn2)c(=O)o1. The third-order valence-electron chi connectivity index (χ3n) is 2.03. The minimum absolute atomic E-state index is 0.228. The highest BCUT2D eigenvalue weighted by Crippen LogP contribution is 2.15. The summed E-state index contributed by atoms with van der Waals surface area (Å²) < 4.78 is 5.87. The zero-order valence-electron chi connectivity index (χ0n) is 8.82. The predicted octanol–water partition coefficient (Wildman–Crippen LogP) is -0.477. The van der Waals surface area contributed by atoms with Crippen LogP contribution in [-0.4, -0.2) is 31.1 Å². The molecule has 0 unspecified atom stereocenters. The molecule has 0 amide bonds. The molecule has 1 N–H and O–H groups in total. The van der Waals surface area contributed by atoms with Crippen LogP contribution in [0.3, 0.4) is 0 Å². The van der Waals surface area contributed by atoms with E-state index in [2.05, 4.69) is 15.5 Å². The Kier molecular flexibility index (Phi) is 2.69. The number of nitrogens with zero attached hydrogens (tertiary/aromatic N) is 4. The Labute approximate surface area is 94.5 Å². The summed E-state index contributed by atoms with van der Waals surface area (Å²) in [5.41, 5.74) is -1.27. The molecule has 2 rings (SSSR count). The van der Waals surface area contributed by atoms with Crippen molar-refractivity contribution in [3.63, 3.8) is 0 Å². The molecular formula is C9H8N4O4. The summed E-state index contributed by atoms with van der Waals surface area (Å²) in [6.07, 6.45) is 1.23. The Morgan fingerprint density at radius 3 is 2.94 bits per heavy atom. The molecule has 0 spiro atoms. The molecule has 0 saturated carbocycles. The number of aromatic nitrogens is 4. The summed E-state index contributed by atoms with van der Waals surface area (Å²) in [6.45, 7) is 1.26. The van der Waals surface area contributed by atoms with Crippen LogP contribution in [0.4, 0.5) is 0 Å². The molecule has 0 aliphatic heterocycles. The van der Waals surface area contributed by atoms with Crippen LogP contribution in [0.5, 0.6) is 5.75 Å². The summed E-state index contributed by atoms with van der Waals surface area (Å²) >= 11 is 0. The highest BCUT2D eigenvalue weighted by molar-refractivity contribution is 5.97. The number of carbonyl (C=O) groups excluding carboxylic acids is 1. The van der Waals surface area contributed by atoms with Crippen molar-refractivity contribution in [3.05, 3.63) is 34.1 Å². The van der Waals surface area contributed by atoms with Crippen LogP contribution in [0.15, 0.2) is 21.6 Å². The van der Waals surface area contributed by atoms with E-state index < -0.39 is 22.7 Å². The Bertz CT molecular complexity index is 602. The summed E-state index contributed by atoms with van der Waals surface area (Å²) in [4.78, 5) is 23.2. The van der Waals surface area contributed by atoms with Gasteiger partial charge in [0.2, 0.25) is 0 Å². The molecule has 0 fully saturated rings. The van der Waals surface area contributed by atoms with Gasteiger partial charge < -0.3 is 9.52 Å². The van der Waals surface area contributed by atoms with Gasteiger partial charge in [0.15, 0.2) is 5.78 Å². The third kappa shape index (κ3) is 2.19. The van der Waals surface area contributed by atoms with Crippen LogP contribution in [0.1, 0.15) is 16.1 Å². The van der Waals surface area contributed by atoms with Crippen molar-refractivity contribution in [2.24, 2.45) is 0 Å². The van der Waals surface area contributed by atoms with Crippen LogP contribution >= 0.6 is 0 Å². The van der Waals surface area contributed by atoms with Crippen molar-refractivity contribution in [2.75, 3.05) is 0 Å². The number of rotatable bonds is 3. The van der Waals surface area contributed by atoms with E-state index in [0.29, 0.717) is 0 Å². The van der Waals surface area contributed by atoms with E-state index in [-0.39, 0.29) is 12.3 Å². The lowest BCUT2D eigenvalue weighted by Gasteiger charge is -2.02. The van der Waals surface area contributed by atoms with Gasteiger partial charge in [-0.25, -0.2) is 9.48 Å². The first-order chi connectivity index (χ1) is 8.08. The minimum Gasteiger partial charge on any atom is -0.507 e. The Morgan fingerprint density at radius 1 is 1.59 bits per heavy atom. The quantitative estimate of drug-likeness (QED) is 0.716. The first kappa shape index (κ1) is 11.0. The molecule has 2 aromatic heterocycles. The number of hydrogen-bond donors (Lipinski definition) is 1. The van der Waals surface area contributed by atoms with Crippen molar-refractivity contribution >= 4 is 5.78 Å². The molecule has 2 aromatic rings. The van der Waals surface area contributed by atoms with Crippen molar-refractivity contribution in [1.29, 1.82) is 0 Å². The third-order valence-corrected chi connectivity index (χ3v) is 2.03. The minimum atomic E-state index is -0.874. The molecule has 17 heavy (non-hydrogen) atoms. The summed E-state index contributed by atoms with van der Waals surface area (Å²) in [5.74, 6) is -0.799. The van der Waals surface area contributed by atoms with Crippen molar-refractivity contribution < 1.29 is 14.3 Å². The fourth-order valence-corrected chi connectivity index (χ4v) is 1.33. The average Bonchev–Trinajstić information content (AvgIpc) is 2.68. The molecular weight excluding hydrogens is 228 g/mol. The average molecular weight is 236 g/mol. The van der Waals surface area contributed by atoms with Crippen LogP contribution in [0.2, 0.25) is 0 Å². The van der Waals surface area contributed by atoms with Gasteiger partial charge in [0.25, 0.3) is 0 Å². The molecule has 8 heteroatoms. The van der Waals surface area contributed by atoms with E-state index in [1.165, 1.54) is 19.3 Å². The Morgan fingerprint density at radius 2 is 2.35 bits per heavy atom. The number of hydrogen-bond acceptors (Lipinski definition) is 7. The van der Waals surface area contributed by atoms with Gasteiger partial charge in [-0.3, -0.25) is 4.79 Å². The standard InChI is InChI=1S/C9H8N4O4/c1-5-2-6(14)8(9(16)17-5)7(15)3-13-4-10-11-12-13/h2,4,14H,3H2,1H3. The normalized spacial score (nSPS) is 10.4. The molecule has 0 atom stereocenters. The number of ketones is 1. The highest BCUT2D eigenvalue weighted by Gasteiger charge is 2.18. The van der Waals surface area contributed by atoms with Crippen molar-refractivity contribution in [3.8, 4) is 5.75 Å². The highest BCUT2D eigenvalue weighted by atomic mass is 16.4. The van der Waals surface area contributed by atoms with Gasteiger partial charge in [0.05, 0.1) is 0 Å². The second kappa shape index (κ2) is 4.16. The lowest BCUT2D eigenvalue weighted by molar-refractivity contribution is 0.0959. The van der Waals surface area contributed by atoms with Gasteiger partial charge in [-0.2, -0.15) is 0 Å². The van der Waals surface area contributed by atoms with Gasteiger partial charge in [-0.1, -0.05) is 0 Å². The second-order valence-electron chi connectivity index (χ2n) is 3.34. The predicted molar refractivity (Wildman–Crippen MR) is 53.5 cm³/mol. The van der Waals surface area contributed by atoms with Gasteiger partial charge in [-0.15, -0.1) is 5.10 Å². The van der Waals surface area contributed by atoms with Crippen LogP contribution < -0.4 is 5.63 Å². The maximum absolute atomic E-state index is 11.7. The first-order valence-electron chi connectivity index (χ1n) is 4.65. The van der Waals surface area contributed by atoms with Crippen molar-refractivity contribution in [2.45, 2.75) is 13.5 Å². The number of Topliss-reactive ketones (excluding diaryl/α,β-unsaturated/α-hetero) is 1. The molecule has 0 radical (unpaired) electrons. The first-order valence-corrected chi connectivity index (χ1v) is 4.65. The molecule has 2 heterocycles. The van der Waals surface area contributed by atoms with Crippen LogP contribution in [0, 0.1) is 6.92 Å². The van der Waals surface area contributed by atoms with Crippen LogP contribution in [-0.2, 0) is 6.54 Å². The molecule has 8 nitrogen and oxygen atoms in total. The van der Waals surface area contributed by atoms with Crippen LogP contribution in [0.25, 0.3) is 0 Å². The largest absolute Gasteiger partial charge is 0.507 e. The van der Waals surface area contributed by atoms with E-state index in [1.807, 2.05) is 0 Å². The maximum Gasteiger partial charge on any atom is 0.350 e. The lowest BCUT2D eigenvalue weighted by Crippen LogP contribution is -2.19. The molecule has 0 aliphatic rings. The van der Waals surface area contributed by atoms with Crippen molar-refractivity contribution in [1.82, 2.24) is 20.2 Å². The molecule has 0 aliphatic carbocycles. The summed E-state index contributed by atoms with van der Waals surface area (Å²) in [6, 6.07) is 1.20. The number of aryl methyl sites for hydroxylation is 1. The van der Waals surface area contributed by atoms with Gasteiger partial charge in [-0.05, 0) is 17.4 Å². The number of carbonyl (C=O) groups is 1. The molecule has 0 bridgehead atoms. The van der Waals surface area contributed by atoms with E-state index in [1.54, 1.807) is 0 Å². The summed E-state index contributed by atoms with van der Waals surface area (Å²) in [7, 11) is 0. The lowest BCUT2D eigenvalue weighted by atomic mass is 10.1.